The molecule has 1 unspecified atom stereocenters. The number of anilines is 1. The number of pyridine rings is 1. The highest BCUT2D eigenvalue weighted by Gasteiger charge is 2.31. The molecule has 0 bridgehead atoms. The third kappa shape index (κ3) is 4.85. The number of aromatic nitrogens is 2. The Balaban J connectivity index is 1.46. The van der Waals surface area contributed by atoms with Crippen molar-refractivity contribution in [2.75, 3.05) is 18.4 Å². The minimum atomic E-state index is -0.230. The van der Waals surface area contributed by atoms with Crippen LogP contribution in [-0.4, -0.2) is 39.8 Å². The highest BCUT2D eigenvalue weighted by Crippen LogP contribution is 2.30. The third-order valence-corrected chi connectivity index (χ3v) is 7.11. The van der Waals surface area contributed by atoms with E-state index < -0.39 is 0 Å². The van der Waals surface area contributed by atoms with E-state index in [1.165, 1.54) is 11.3 Å². The van der Waals surface area contributed by atoms with Crippen LogP contribution in [-0.2, 0) is 4.79 Å². The highest BCUT2D eigenvalue weighted by atomic mass is 79.9. The van der Waals surface area contributed by atoms with E-state index in [1.54, 1.807) is 17.3 Å². The first-order chi connectivity index (χ1) is 14.9. The van der Waals surface area contributed by atoms with Crippen LogP contribution in [0.25, 0.3) is 10.6 Å². The minimum absolute atomic E-state index is 0.0417. The summed E-state index contributed by atoms with van der Waals surface area (Å²) in [5.41, 5.74) is 3.41. The molecule has 6 nitrogen and oxygen atoms in total. The number of hydrogen-bond donors (Lipinski definition) is 1. The molecule has 31 heavy (non-hydrogen) atoms. The lowest BCUT2D eigenvalue weighted by molar-refractivity contribution is -0.121. The average Bonchev–Trinajstić information content (AvgIpc) is 3.17. The number of benzene rings is 1. The molecule has 160 valence electrons. The van der Waals surface area contributed by atoms with Gasteiger partial charge in [0.1, 0.15) is 9.88 Å². The Morgan fingerprint density at radius 3 is 2.84 bits per heavy atom. The number of carbonyl (C=O) groups is 2. The Hall–Kier alpha value is -2.58. The lowest BCUT2D eigenvalue weighted by Crippen LogP contribution is -2.43. The molecule has 1 fully saturated rings. The molecular weight excluding hydrogens is 476 g/mol. The predicted octanol–water partition coefficient (Wildman–Crippen LogP) is 5.08. The number of piperidine rings is 1. The molecule has 0 radical (unpaired) electrons. The molecule has 1 aromatic carbocycles. The second kappa shape index (κ2) is 9.28. The van der Waals surface area contributed by atoms with Crippen LogP contribution in [0.2, 0.25) is 0 Å². The number of nitrogens with zero attached hydrogens (tertiary/aromatic N) is 3. The first-order valence-electron chi connectivity index (χ1n) is 10.2. The van der Waals surface area contributed by atoms with Gasteiger partial charge in [-0.1, -0.05) is 15.9 Å². The van der Waals surface area contributed by atoms with Gasteiger partial charge in [0.2, 0.25) is 5.91 Å². The zero-order valence-electron chi connectivity index (χ0n) is 17.4. The molecule has 2 aromatic heterocycles. The lowest BCUT2D eigenvalue weighted by atomic mass is 9.96. The van der Waals surface area contributed by atoms with Gasteiger partial charge in [-0.25, -0.2) is 4.98 Å². The Kier molecular flexibility index (Phi) is 6.48. The van der Waals surface area contributed by atoms with Crippen molar-refractivity contribution < 1.29 is 9.59 Å². The quantitative estimate of drug-likeness (QED) is 0.544. The largest absolute Gasteiger partial charge is 0.337 e. The summed E-state index contributed by atoms with van der Waals surface area (Å²) in [6, 6.07) is 9.56. The van der Waals surface area contributed by atoms with Crippen molar-refractivity contribution in [1.29, 1.82) is 0 Å². The van der Waals surface area contributed by atoms with Crippen LogP contribution in [0.4, 0.5) is 5.69 Å². The van der Waals surface area contributed by atoms with Gasteiger partial charge in [0, 0.05) is 41.2 Å². The summed E-state index contributed by atoms with van der Waals surface area (Å²) in [6.07, 6.45) is 5.03. The van der Waals surface area contributed by atoms with Crippen molar-refractivity contribution >= 4 is 44.8 Å². The molecule has 1 N–H and O–H groups in total. The number of hydrogen-bond acceptors (Lipinski definition) is 5. The van der Waals surface area contributed by atoms with Crippen LogP contribution in [0, 0.1) is 19.8 Å². The van der Waals surface area contributed by atoms with Crippen LogP contribution >= 0.6 is 27.3 Å². The summed E-state index contributed by atoms with van der Waals surface area (Å²) in [7, 11) is 0. The molecule has 8 heteroatoms. The van der Waals surface area contributed by atoms with Gasteiger partial charge in [-0.2, -0.15) is 0 Å². The van der Waals surface area contributed by atoms with E-state index in [0.29, 0.717) is 23.7 Å². The van der Waals surface area contributed by atoms with E-state index in [-0.39, 0.29) is 17.7 Å². The van der Waals surface area contributed by atoms with Gasteiger partial charge < -0.3 is 10.2 Å². The van der Waals surface area contributed by atoms with Gasteiger partial charge in [-0.3, -0.25) is 14.6 Å². The summed E-state index contributed by atoms with van der Waals surface area (Å²) in [6.45, 7) is 4.89. The Morgan fingerprint density at radius 2 is 2.10 bits per heavy atom. The third-order valence-electron chi connectivity index (χ3n) is 5.43. The number of likely N-dealkylation sites (tertiary alicyclic amines) is 1. The monoisotopic (exact) mass is 498 g/mol. The second-order valence-corrected chi connectivity index (χ2v) is 9.63. The maximum atomic E-state index is 13.2. The first kappa shape index (κ1) is 21.6. The molecule has 1 atom stereocenters. The molecular formula is C23H23BrN4O2S. The Bertz CT molecular complexity index is 1120. The van der Waals surface area contributed by atoms with E-state index in [2.05, 4.69) is 31.2 Å². The van der Waals surface area contributed by atoms with E-state index in [9.17, 15) is 9.59 Å². The number of nitrogens with one attached hydrogen (secondary N) is 1. The van der Waals surface area contributed by atoms with Gasteiger partial charge >= 0.3 is 0 Å². The van der Waals surface area contributed by atoms with Gasteiger partial charge in [-0.15, -0.1) is 11.3 Å². The van der Waals surface area contributed by atoms with E-state index in [4.69, 9.17) is 0 Å². The molecule has 1 aliphatic rings. The smallest absolute Gasteiger partial charge is 0.265 e. The van der Waals surface area contributed by atoms with Crippen molar-refractivity contribution in [3.05, 3.63) is 63.3 Å². The zero-order chi connectivity index (χ0) is 22.0. The first-order valence-corrected chi connectivity index (χ1v) is 11.8. The normalized spacial score (nSPS) is 16.2. The van der Waals surface area contributed by atoms with Crippen LogP contribution < -0.4 is 5.32 Å². The molecule has 4 rings (SSSR count). The fourth-order valence-electron chi connectivity index (χ4n) is 3.73. The SMILES string of the molecule is Cc1cc(Br)ccc1NC(=O)C1CCCN(C(=O)c2sc(-c3cccnc3)nc2C)C1. The molecule has 3 aromatic rings. The molecule has 1 aliphatic heterocycles. The molecule has 1 saturated heterocycles. The fourth-order valence-corrected chi connectivity index (χ4v) is 5.23. The number of carbonyl (C=O) groups excluding carboxylic acids is 2. The highest BCUT2D eigenvalue weighted by molar-refractivity contribution is 9.10. The summed E-state index contributed by atoms with van der Waals surface area (Å²) in [5, 5.41) is 3.81. The molecule has 2 amide bonds. The topological polar surface area (TPSA) is 75.2 Å². The van der Waals surface area contributed by atoms with Crippen molar-refractivity contribution in [3.8, 4) is 10.6 Å². The Morgan fingerprint density at radius 1 is 1.26 bits per heavy atom. The summed E-state index contributed by atoms with van der Waals surface area (Å²) < 4.78 is 0.975. The number of halogens is 1. The maximum Gasteiger partial charge on any atom is 0.265 e. The second-order valence-electron chi connectivity index (χ2n) is 7.71. The number of aryl methyl sites for hydroxylation is 2. The van der Waals surface area contributed by atoms with Crippen LogP contribution in [0.1, 0.15) is 33.8 Å². The van der Waals surface area contributed by atoms with Crippen LogP contribution in [0.15, 0.2) is 47.2 Å². The number of amides is 2. The molecule has 0 spiro atoms. The van der Waals surface area contributed by atoms with Crippen molar-refractivity contribution in [3.63, 3.8) is 0 Å². The van der Waals surface area contributed by atoms with Gasteiger partial charge in [0.15, 0.2) is 0 Å². The zero-order valence-corrected chi connectivity index (χ0v) is 19.8. The average molecular weight is 499 g/mol. The summed E-state index contributed by atoms with van der Waals surface area (Å²) in [4.78, 5) is 37.2. The van der Waals surface area contributed by atoms with Crippen molar-refractivity contribution in [2.45, 2.75) is 26.7 Å². The van der Waals surface area contributed by atoms with E-state index >= 15 is 0 Å². The minimum Gasteiger partial charge on any atom is -0.337 e. The van der Waals surface area contributed by atoms with E-state index in [1.807, 2.05) is 44.2 Å². The molecule has 0 aliphatic carbocycles. The van der Waals surface area contributed by atoms with Gasteiger partial charge in [0.05, 0.1) is 11.6 Å². The van der Waals surface area contributed by atoms with Crippen LogP contribution in [0.3, 0.4) is 0 Å². The predicted molar refractivity (Wildman–Crippen MR) is 126 cm³/mol. The molecule has 0 saturated carbocycles. The fraction of sp³-hybridized carbons (Fsp3) is 0.304. The molecule has 3 heterocycles. The van der Waals surface area contributed by atoms with Gasteiger partial charge in [-0.05, 0) is 62.6 Å². The maximum absolute atomic E-state index is 13.2. The summed E-state index contributed by atoms with van der Waals surface area (Å²) in [5.74, 6) is -0.325. The van der Waals surface area contributed by atoms with Crippen molar-refractivity contribution in [1.82, 2.24) is 14.9 Å². The number of thiazole rings is 1. The Labute approximate surface area is 193 Å². The van der Waals surface area contributed by atoms with Crippen LogP contribution in [0.5, 0.6) is 0 Å². The standard InChI is InChI=1S/C23H23BrN4O2S/c1-14-11-18(24)7-8-19(14)27-21(29)17-6-4-10-28(13-17)23(30)20-15(2)26-22(31-20)16-5-3-9-25-12-16/h3,5,7-9,11-12,17H,4,6,10,13H2,1-2H3,(H,27,29). The van der Waals surface area contributed by atoms with Gasteiger partial charge in [0.25, 0.3) is 5.91 Å². The lowest BCUT2D eigenvalue weighted by Gasteiger charge is -2.32. The van der Waals surface area contributed by atoms with Crippen molar-refractivity contribution in [2.24, 2.45) is 5.92 Å². The summed E-state index contributed by atoms with van der Waals surface area (Å²) >= 11 is 4.83. The van der Waals surface area contributed by atoms with E-state index in [0.717, 1.165) is 39.1 Å². The number of rotatable bonds is 4.